The van der Waals surface area contributed by atoms with Crippen molar-refractivity contribution in [2.75, 3.05) is 19.6 Å². The van der Waals surface area contributed by atoms with Crippen LogP contribution in [0, 0.1) is 17.3 Å². The van der Waals surface area contributed by atoms with Crippen LogP contribution in [0.5, 0.6) is 0 Å². The number of likely N-dealkylation sites (tertiary alicyclic amines) is 1. The molecule has 0 aliphatic carbocycles. The fraction of sp³-hybridized carbons (Fsp3) is 0.938. The van der Waals surface area contributed by atoms with Crippen LogP contribution in [-0.2, 0) is 4.79 Å². The Morgan fingerprint density at radius 2 is 1.74 bits per heavy atom. The summed E-state index contributed by atoms with van der Waals surface area (Å²) in [6.45, 7) is 11.2. The Morgan fingerprint density at radius 3 is 2.11 bits per heavy atom. The number of piperidine rings is 1. The van der Waals surface area contributed by atoms with E-state index in [1.165, 1.54) is 12.8 Å². The molecule has 3 nitrogen and oxygen atoms in total. The molecule has 0 saturated carbocycles. The minimum Gasteiger partial charge on any atom is -0.342 e. The van der Waals surface area contributed by atoms with Crippen molar-refractivity contribution >= 4 is 5.91 Å². The van der Waals surface area contributed by atoms with Crippen LogP contribution in [-0.4, -0.2) is 30.4 Å². The molecule has 0 radical (unpaired) electrons. The number of nitrogens with zero attached hydrogens (tertiary/aromatic N) is 1. The summed E-state index contributed by atoms with van der Waals surface area (Å²) >= 11 is 0. The molecule has 112 valence electrons. The van der Waals surface area contributed by atoms with Gasteiger partial charge in [-0.15, -0.1) is 0 Å². The molecule has 0 aromatic heterocycles. The largest absolute Gasteiger partial charge is 0.342 e. The molecule has 1 aliphatic rings. The van der Waals surface area contributed by atoms with Crippen LogP contribution in [0.25, 0.3) is 0 Å². The van der Waals surface area contributed by atoms with Crippen molar-refractivity contribution in [3.05, 3.63) is 0 Å². The minimum absolute atomic E-state index is 0.0238. The van der Waals surface area contributed by atoms with E-state index in [0.717, 1.165) is 32.4 Å². The van der Waals surface area contributed by atoms with Gasteiger partial charge in [-0.1, -0.05) is 40.5 Å². The zero-order valence-corrected chi connectivity index (χ0v) is 13.2. The predicted molar refractivity (Wildman–Crippen MR) is 80.8 cm³/mol. The van der Waals surface area contributed by atoms with Crippen LogP contribution >= 0.6 is 0 Å². The van der Waals surface area contributed by atoms with Crippen molar-refractivity contribution in [3.8, 4) is 0 Å². The van der Waals surface area contributed by atoms with Crippen LogP contribution in [0.15, 0.2) is 0 Å². The van der Waals surface area contributed by atoms with E-state index in [-0.39, 0.29) is 11.8 Å². The summed E-state index contributed by atoms with van der Waals surface area (Å²) in [5.41, 5.74) is 6.27. The first-order valence-electron chi connectivity index (χ1n) is 7.96. The quantitative estimate of drug-likeness (QED) is 0.805. The van der Waals surface area contributed by atoms with E-state index < -0.39 is 0 Å². The highest BCUT2D eigenvalue weighted by Crippen LogP contribution is 2.38. The van der Waals surface area contributed by atoms with Crippen LogP contribution in [0.3, 0.4) is 0 Å². The zero-order valence-electron chi connectivity index (χ0n) is 13.2. The molecule has 0 aromatic rings. The summed E-state index contributed by atoms with van der Waals surface area (Å²) in [7, 11) is 0. The monoisotopic (exact) mass is 268 g/mol. The second kappa shape index (κ2) is 7.28. The van der Waals surface area contributed by atoms with Crippen LogP contribution in [0.2, 0.25) is 0 Å². The molecule has 19 heavy (non-hydrogen) atoms. The van der Waals surface area contributed by atoms with Gasteiger partial charge in [0.2, 0.25) is 5.91 Å². The van der Waals surface area contributed by atoms with E-state index in [1.807, 2.05) is 0 Å². The summed E-state index contributed by atoms with van der Waals surface area (Å²) in [6.07, 6.45) is 5.70. The fourth-order valence-corrected chi connectivity index (χ4v) is 3.28. The van der Waals surface area contributed by atoms with Gasteiger partial charge in [-0.05, 0) is 30.6 Å². The molecule has 2 N–H and O–H groups in total. The molecule has 1 aliphatic heterocycles. The van der Waals surface area contributed by atoms with Gasteiger partial charge in [-0.25, -0.2) is 0 Å². The van der Waals surface area contributed by atoms with Crippen LogP contribution in [0.4, 0.5) is 0 Å². The lowest BCUT2D eigenvalue weighted by Crippen LogP contribution is -2.46. The highest BCUT2D eigenvalue weighted by Gasteiger charge is 2.34. The van der Waals surface area contributed by atoms with Gasteiger partial charge in [0.05, 0.1) is 5.92 Å². The molecule has 1 amide bonds. The average Bonchev–Trinajstić information content (AvgIpc) is 2.44. The van der Waals surface area contributed by atoms with Crippen molar-refractivity contribution < 1.29 is 4.79 Å². The summed E-state index contributed by atoms with van der Waals surface area (Å²) in [6, 6.07) is 0. The highest BCUT2D eigenvalue weighted by atomic mass is 16.2. The number of amides is 1. The number of carbonyl (C=O) groups excluding carboxylic acids is 1. The van der Waals surface area contributed by atoms with E-state index in [2.05, 4.69) is 32.6 Å². The van der Waals surface area contributed by atoms with Crippen molar-refractivity contribution in [2.24, 2.45) is 23.0 Å². The third kappa shape index (κ3) is 4.20. The number of nitrogens with two attached hydrogens (primary N) is 1. The molecule has 1 unspecified atom stereocenters. The normalized spacial score (nSPS) is 20.6. The molecule has 0 spiro atoms. The number of hydrogen-bond donors (Lipinski definition) is 1. The van der Waals surface area contributed by atoms with Gasteiger partial charge in [-0.2, -0.15) is 0 Å². The third-order valence-corrected chi connectivity index (χ3v) is 5.03. The predicted octanol–water partition coefficient (Wildman–Crippen LogP) is 3.04. The summed E-state index contributed by atoms with van der Waals surface area (Å²) < 4.78 is 0. The van der Waals surface area contributed by atoms with Gasteiger partial charge in [0.25, 0.3) is 0 Å². The second-order valence-corrected chi connectivity index (χ2v) is 6.59. The molecule has 3 heteroatoms. The summed E-state index contributed by atoms with van der Waals surface area (Å²) in [4.78, 5) is 14.6. The van der Waals surface area contributed by atoms with Crippen molar-refractivity contribution in [1.29, 1.82) is 0 Å². The first-order chi connectivity index (χ1) is 8.98. The maximum atomic E-state index is 12.5. The second-order valence-electron chi connectivity index (χ2n) is 6.59. The smallest absolute Gasteiger partial charge is 0.226 e. The fourth-order valence-electron chi connectivity index (χ4n) is 3.28. The summed E-state index contributed by atoms with van der Waals surface area (Å²) in [5.74, 6) is 0.848. The Kier molecular flexibility index (Phi) is 6.31. The number of carbonyl (C=O) groups is 1. The van der Waals surface area contributed by atoms with Gasteiger partial charge in [-0.3, -0.25) is 4.79 Å². The van der Waals surface area contributed by atoms with Gasteiger partial charge < -0.3 is 10.6 Å². The Bertz CT molecular complexity index is 274. The van der Waals surface area contributed by atoms with Gasteiger partial charge in [0.15, 0.2) is 0 Å². The number of hydrogen-bond acceptors (Lipinski definition) is 2. The Balaban J connectivity index is 2.56. The van der Waals surface area contributed by atoms with E-state index in [9.17, 15) is 4.79 Å². The van der Waals surface area contributed by atoms with E-state index in [0.29, 0.717) is 17.9 Å². The maximum Gasteiger partial charge on any atom is 0.226 e. The van der Waals surface area contributed by atoms with Crippen molar-refractivity contribution in [2.45, 2.75) is 59.8 Å². The lowest BCUT2D eigenvalue weighted by Gasteiger charge is -2.42. The van der Waals surface area contributed by atoms with E-state index >= 15 is 0 Å². The Labute approximate surface area is 118 Å². The van der Waals surface area contributed by atoms with Crippen LogP contribution < -0.4 is 5.73 Å². The van der Waals surface area contributed by atoms with Gasteiger partial charge >= 0.3 is 0 Å². The summed E-state index contributed by atoms with van der Waals surface area (Å²) in [5, 5.41) is 0. The molecule has 1 saturated heterocycles. The van der Waals surface area contributed by atoms with E-state index in [4.69, 9.17) is 5.73 Å². The molecule has 1 heterocycles. The van der Waals surface area contributed by atoms with Crippen molar-refractivity contribution in [3.63, 3.8) is 0 Å². The molecule has 1 atom stereocenters. The lowest BCUT2D eigenvalue weighted by atomic mass is 9.74. The third-order valence-electron chi connectivity index (χ3n) is 5.03. The average molecular weight is 268 g/mol. The van der Waals surface area contributed by atoms with Gasteiger partial charge in [0, 0.05) is 19.6 Å². The molecular weight excluding hydrogens is 236 g/mol. The van der Waals surface area contributed by atoms with Gasteiger partial charge in [0.1, 0.15) is 0 Å². The standard InChI is InChI=1S/C16H32N2O/c1-5-16(6-2)7-9-18(10-8-16)15(19)14(12-17)11-13(3)4/h13-14H,5-12,17H2,1-4H3. The molecule has 1 rings (SSSR count). The molecule has 0 bridgehead atoms. The first-order valence-corrected chi connectivity index (χ1v) is 7.96. The minimum atomic E-state index is 0.0238. The first kappa shape index (κ1) is 16.5. The number of rotatable bonds is 6. The SMILES string of the molecule is CCC1(CC)CCN(C(=O)C(CN)CC(C)C)CC1. The lowest BCUT2D eigenvalue weighted by molar-refractivity contribution is -0.138. The van der Waals surface area contributed by atoms with E-state index in [1.54, 1.807) is 0 Å². The highest BCUT2D eigenvalue weighted by molar-refractivity contribution is 5.79. The molecule has 1 fully saturated rings. The van der Waals surface area contributed by atoms with Crippen molar-refractivity contribution in [1.82, 2.24) is 4.90 Å². The van der Waals surface area contributed by atoms with Crippen LogP contribution in [0.1, 0.15) is 59.8 Å². The molecular formula is C16H32N2O. The topological polar surface area (TPSA) is 46.3 Å². The Morgan fingerprint density at radius 1 is 1.21 bits per heavy atom. The Hall–Kier alpha value is -0.570. The maximum absolute atomic E-state index is 12.5. The zero-order chi connectivity index (χ0) is 14.5. The molecule has 0 aromatic carbocycles.